The lowest BCUT2D eigenvalue weighted by Crippen LogP contribution is -2.62. The van der Waals surface area contributed by atoms with E-state index in [1.807, 2.05) is 7.11 Å². The van der Waals surface area contributed by atoms with Crippen LogP contribution in [0.4, 0.5) is 0 Å². The molecule has 0 amide bonds. The zero-order chi connectivity index (χ0) is 21.1. The number of carbonyl (C=O) groups excluding carboxylic acids is 1. The van der Waals surface area contributed by atoms with Crippen molar-refractivity contribution in [3.8, 4) is 0 Å². The molecule has 0 spiro atoms. The first-order chi connectivity index (χ1) is 14.4. The fraction of sp³-hybridized carbons (Fsp3) is 0.920. The van der Waals surface area contributed by atoms with Crippen molar-refractivity contribution in [3.05, 3.63) is 0 Å². The molecule has 4 saturated carbocycles. The van der Waals surface area contributed by atoms with Crippen molar-refractivity contribution < 1.29 is 14.7 Å². The van der Waals surface area contributed by atoms with E-state index in [4.69, 9.17) is 4.74 Å². The molecule has 3 unspecified atom stereocenters. The summed E-state index contributed by atoms with van der Waals surface area (Å²) in [5.74, 6) is 3.07. The van der Waals surface area contributed by atoms with Crippen LogP contribution in [0, 0.1) is 40.4 Å². The average molecular weight is 417 g/mol. The Morgan fingerprint density at radius 2 is 1.90 bits per heavy atom. The molecule has 8 atom stereocenters. The maximum Gasteiger partial charge on any atom is 0.139 e. The number of Topliss-reactive ketones (excluding diaryl/α,β-unsaturated/α-hetero) is 1. The molecule has 5 nitrogen and oxygen atoms in total. The Morgan fingerprint density at radius 3 is 2.60 bits per heavy atom. The molecular weight excluding hydrogens is 376 g/mol. The molecule has 5 fully saturated rings. The maximum absolute atomic E-state index is 12.8. The number of ether oxygens (including phenoxy) is 1. The van der Waals surface area contributed by atoms with E-state index in [2.05, 4.69) is 23.9 Å². The highest BCUT2D eigenvalue weighted by Gasteiger charge is 2.64. The third-order valence-electron chi connectivity index (χ3n) is 10.6. The van der Waals surface area contributed by atoms with Crippen LogP contribution in [0.25, 0.3) is 0 Å². The molecule has 1 heterocycles. The number of rotatable bonds is 3. The number of fused-ring (bicyclic) bond motifs is 5. The molecule has 30 heavy (non-hydrogen) atoms. The highest BCUT2D eigenvalue weighted by molar-refractivity contribution is 5.92. The summed E-state index contributed by atoms with van der Waals surface area (Å²) in [5.41, 5.74) is 0.856. The summed E-state index contributed by atoms with van der Waals surface area (Å²) in [4.78, 5) is 15.4. The van der Waals surface area contributed by atoms with E-state index in [0.717, 1.165) is 44.4 Å². The van der Waals surface area contributed by atoms with Crippen LogP contribution < -0.4 is 0 Å². The average Bonchev–Trinajstić information content (AvgIpc) is 3.36. The first-order valence-electron chi connectivity index (χ1n) is 12.4. The van der Waals surface area contributed by atoms with Crippen LogP contribution >= 0.6 is 0 Å². The third-order valence-corrected chi connectivity index (χ3v) is 10.6. The van der Waals surface area contributed by atoms with Gasteiger partial charge in [-0.05, 0) is 87.6 Å². The van der Waals surface area contributed by atoms with Gasteiger partial charge in [0, 0.05) is 43.4 Å². The van der Waals surface area contributed by atoms with E-state index in [0.29, 0.717) is 41.4 Å². The number of oxime groups is 1. The molecule has 4 aliphatic carbocycles. The molecule has 0 bridgehead atoms. The lowest BCUT2D eigenvalue weighted by molar-refractivity contribution is -0.139. The first-order valence-corrected chi connectivity index (χ1v) is 12.4. The molecule has 0 aromatic rings. The zero-order valence-electron chi connectivity index (χ0n) is 19.1. The van der Waals surface area contributed by atoms with Crippen LogP contribution in [-0.4, -0.2) is 54.5 Å². The van der Waals surface area contributed by atoms with Crippen molar-refractivity contribution in [1.29, 1.82) is 0 Å². The molecule has 1 aliphatic heterocycles. The number of hydrogen-bond donors (Lipinski definition) is 1. The predicted octanol–water partition coefficient (Wildman–Crippen LogP) is 4.38. The van der Waals surface area contributed by atoms with Crippen molar-refractivity contribution in [1.82, 2.24) is 4.90 Å². The minimum Gasteiger partial charge on any atom is -0.411 e. The maximum atomic E-state index is 12.8. The van der Waals surface area contributed by atoms with Gasteiger partial charge in [-0.3, -0.25) is 9.69 Å². The van der Waals surface area contributed by atoms with Gasteiger partial charge in [-0.2, -0.15) is 0 Å². The summed E-state index contributed by atoms with van der Waals surface area (Å²) >= 11 is 0. The van der Waals surface area contributed by atoms with Crippen molar-refractivity contribution in [2.75, 3.05) is 26.8 Å². The lowest BCUT2D eigenvalue weighted by atomic mass is 9.42. The van der Waals surface area contributed by atoms with Crippen LogP contribution in [0.5, 0.6) is 0 Å². The second kappa shape index (κ2) is 7.58. The summed E-state index contributed by atoms with van der Waals surface area (Å²) in [6.07, 6.45) is 9.82. The fourth-order valence-corrected chi connectivity index (χ4v) is 9.03. The first kappa shape index (κ1) is 20.9. The summed E-state index contributed by atoms with van der Waals surface area (Å²) in [6, 6.07) is 0.509. The largest absolute Gasteiger partial charge is 0.411 e. The molecule has 0 aromatic carbocycles. The predicted molar refractivity (Wildman–Crippen MR) is 117 cm³/mol. The minimum absolute atomic E-state index is 0.0654. The van der Waals surface area contributed by atoms with Crippen LogP contribution in [0.3, 0.4) is 0 Å². The monoisotopic (exact) mass is 416 g/mol. The minimum atomic E-state index is -0.120. The molecule has 1 saturated heterocycles. The molecule has 5 rings (SSSR count). The van der Waals surface area contributed by atoms with E-state index in [9.17, 15) is 10.0 Å². The molecule has 1 N–H and O–H groups in total. The Morgan fingerprint density at radius 1 is 1.13 bits per heavy atom. The van der Waals surface area contributed by atoms with Crippen molar-refractivity contribution >= 4 is 11.5 Å². The van der Waals surface area contributed by atoms with Gasteiger partial charge < -0.3 is 9.94 Å². The lowest BCUT2D eigenvalue weighted by Gasteiger charge is -2.62. The van der Waals surface area contributed by atoms with Gasteiger partial charge in [0.05, 0.1) is 5.71 Å². The molecule has 0 radical (unpaired) electrons. The quantitative estimate of drug-likeness (QED) is 0.548. The molecule has 5 heteroatoms. The summed E-state index contributed by atoms with van der Waals surface area (Å²) in [5, 5.41) is 14.2. The summed E-state index contributed by atoms with van der Waals surface area (Å²) < 4.78 is 5.76. The third kappa shape index (κ3) is 2.87. The van der Waals surface area contributed by atoms with E-state index >= 15 is 0 Å². The van der Waals surface area contributed by atoms with Crippen molar-refractivity contribution in [3.63, 3.8) is 0 Å². The van der Waals surface area contributed by atoms with Gasteiger partial charge in [-0.1, -0.05) is 19.0 Å². The Bertz CT molecular complexity index is 717. The standard InChI is InChI=1S/C25H40N2O3/c1-24-9-8-20-18(19(24)6-7-23(24)28)12-16(15-30-3)21-13-17(27-10-4-5-11-27)14-22(26-29)25(20,21)2/h16-21,29H,4-15H2,1-3H3/t16?,17?,18-,19-,20+,21?,24-,25+/m0/s1. The Balaban J connectivity index is 1.51. The number of ketones is 1. The Labute approximate surface area is 181 Å². The molecule has 5 aliphatic rings. The van der Waals surface area contributed by atoms with E-state index < -0.39 is 0 Å². The van der Waals surface area contributed by atoms with Gasteiger partial charge in [0.25, 0.3) is 0 Å². The topological polar surface area (TPSA) is 62.1 Å². The van der Waals surface area contributed by atoms with Gasteiger partial charge in [0.2, 0.25) is 0 Å². The van der Waals surface area contributed by atoms with Crippen molar-refractivity contribution in [2.45, 2.75) is 77.7 Å². The molecule has 0 aromatic heterocycles. The van der Waals surface area contributed by atoms with E-state index in [-0.39, 0.29) is 10.8 Å². The van der Waals surface area contributed by atoms with Gasteiger partial charge in [-0.15, -0.1) is 0 Å². The number of methoxy groups -OCH3 is 1. The SMILES string of the molecule is COCC1C[C@@H]2[C@@H](CC[C@]3(C)C(=O)CC[C@@H]23)[C@@]2(C)C(=NO)CC(N3CCCC3)CC12. The Kier molecular flexibility index (Phi) is 5.29. The molecular formula is C25H40N2O3. The number of hydrogen-bond acceptors (Lipinski definition) is 5. The Hall–Kier alpha value is -0.940. The second-order valence-electron chi connectivity index (χ2n) is 11.5. The van der Waals surface area contributed by atoms with E-state index in [1.165, 1.54) is 38.8 Å². The second-order valence-corrected chi connectivity index (χ2v) is 11.5. The smallest absolute Gasteiger partial charge is 0.139 e. The highest BCUT2D eigenvalue weighted by atomic mass is 16.5. The summed E-state index contributed by atoms with van der Waals surface area (Å²) in [7, 11) is 1.83. The van der Waals surface area contributed by atoms with Gasteiger partial charge in [0.1, 0.15) is 5.78 Å². The van der Waals surface area contributed by atoms with Crippen LogP contribution in [-0.2, 0) is 9.53 Å². The zero-order valence-corrected chi connectivity index (χ0v) is 19.1. The van der Waals surface area contributed by atoms with E-state index in [1.54, 1.807) is 0 Å². The highest BCUT2D eigenvalue weighted by Crippen LogP contribution is 2.66. The number of nitrogens with zero attached hydrogens (tertiary/aromatic N) is 2. The normalized spacial score (nSPS) is 50.4. The van der Waals surface area contributed by atoms with Gasteiger partial charge in [-0.25, -0.2) is 0 Å². The summed E-state index contributed by atoms with van der Waals surface area (Å²) in [6.45, 7) is 7.82. The van der Waals surface area contributed by atoms with Crippen molar-refractivity contribution in [2.24, 2.45) is 45.6 Å². The van der Waals surface area contributed by atoms with Crippen LogP contribution in [0.1, 0.15) is 71.6 Å². The number of likely N-dealkylation sites (tertiary alicyclic amines) is 1. The molecule has 168 valence electrons. The van der Waals surface area contributed by atoms with Crippen LogP contribution in [0.2, 0.25) is 0 Å². The number of carbonyl (C=O) groups is 1. The van der Waals surface area contributed by atoms with Gasteiger partial charge >= 0.3 is 0 Å². The van der Waals surface area contributed by atoms with Crippen LogP contribution in [0.15, 0.2) is 5.16 Å². The fourth-order valence-electron chi connectivity index (χ4n) is 9.03. The van der Waals surface area contributed by atoms with Gasteiger partial charge in [0.15, 0.2) is 0 Å².